The Balaban J connectivity index is 1.37. The van der Waals surface area contributed by atoms with Gasteiger partial charge in [0.05, 0.1) is 11.2 Å². The number of para-hydroxylation sites is 1. The van der Waals surface area contributed by atoms with Gasteiger partial charge in [0.2, 0.25) is 0 Å². The maximum absolute atomic E-state index is 13.2. The van der Waals surface area contributed by atoms with Crippen LogP contribution in [0.1, 0.15) is 5.56 Å². The molecule has 1 aliphatic heterocycles. The highest BCUT2D eigenvalue weighted by molar-refractivity contribution is 7.99. The SMILES string of the molecule is O=S(=O)(Nc1ccc2c(c1)CNN2)c1ccc(Sc2cccc3cccnc23)c2nonc12. The van der Waals surface area contributed by atoms with Crippen LogP contribution in [0.15, 0.2) is 86.2 Å². The van der Waals surface area contributed by atoms with Gasteiger partial charge in [-0.1, -0.05) is 30.0 Å². The zero-order valence-corrected chi connectivity index (χ0v) is 18.6. The van der Waals surface area contributed by atoms with E-state index in [1.54, 1.807) is 24.4 Å². The van der Waals surface area contributed by atoms with Crippen LogP contribution >= 0.6 is 11.8 Å². The number of rotatable bonds is 5. The van der Waals surface area contributed by atoms with Crippen molar-refractivity contribution >= 4 is 55.1 Å². The van der Waals surface area contributed by atoms with Gasteiger partial charge in [-0.3, -0.25) is 9.71 Å². The molecule has 5 aromatic rings. The molecule has 164 valence electrons. The van der Waals surface area contributed by atoms with E-state index in [0.29, 0.717) is 17.7 Å². The van der Waals surface area contributed by atoms with E-state index in [9.17, 15) is 8.42 Å². The van der Waals surface area contributed by atoms with Crippen LogP contribution in [0.25, 0.3) is 21.9 Å². The van der Waals surface area contributed by atoms with Crippen LogP contribution in [-0.2, 0) is 16.6 Å². The van der Waals surface area contributed by atoms with Crippen molar-refractivity contribution in [3.8, 4) is 0 Å². The van der Waals surface area contributed by atoms with E-state index in [1.165, 1.54) is 17.8 Å². The lowest BCUT2D eigenvalue weighted by Crippen LogP contribution is -2.13. The van der Waals surface area contributed by atoms with Crippen LogP contribution in [0, 0.1) is 0 Å². The van der Waals surface area contributed by atoms with Gasteiger partial charge >= 0.3 is 0 Å². The van der Waals surface area contributed by atoms with Gasteiger partial charge in [0.25, 0.3) is 10.0 Å². The van der Waals surface area contributed by atoms with Crippen molar-refractivity contribution in [3.05, 3.63) is 72.4 Å². The molecule has 3 aromatic carbocycles. The number of sulfonamides is 1. The summed E-state index contributed by atoms with van der Waals surface area (Å²) in [4.78, 5) is 6.12. The lowest BCUT2D eigenvalue weighted by molar-refractivity contribution is 0.314. The van der Waals surface area contributed by atoms with E-state index >= 15 is 0 Å². The van der Waals surface area contributed by atoms with Crippen molar-refractivity contribution < 1.29 is 13.0 Å². The molecule has 3 N–H and O–H groups in total. The van der Waals surface area contributed by atoms with Crippen LogP contribution in [0.4, 0.5) is 11.4 Å². The lowest BCUT2D eigenvalue weighted by Gasteiger charge is -2.11. The molecule has 0 spiro atoms. The Morgan fingerprint density at radius 3 is 2.73 bits per heavy atom. The third-order valence-electron chi connectivity index (χ3n) is 5.31. The van der Waals surface area contributed by atoms with E-state index in [-0.39, 0.29) is 10.4 Å². The molecule has 3 heterocycles. The van der Waals surface area contributed by atoms with Gasteiger partial charge in [0.1, 0.15) is 4.90 Å². The quantitative estimate of drug-likeness (QED) is 0.343. The maximum Gasteiger partial charge on any atom is 0.264 e. The summed E-state index contributed by atoms with van der Waals surface area (Å²) in [6, 6.07) is 18.3. The number of benzene rings is 3. The topological polar surface area (TPSA) is 122 Å². The summed E-state index contributed by atoms with van der Waals surface area (Å²) in [5, 5.41) is 8.90. The molecule has 2 aromatic heterocycles. The second-order valence-corrected chi connectivity index (χ2v) is 10.1. The van der Waals surface area contributed by atoms with Crippen molar-refractivity contribution in [2.45, 2.75) is 21.2 Å². The normalized spacial score (nSPS) is 13.2. The molecule has 0 atom stereocenters. The first kappa shape index (κ1) is 20.0. The Bertz CT molecular complexity index is 1630. The third kappa shape index (κ3) is 3.55. The van der Waals surface area contributed by atoms with Gasteiger partial charge in [0.15, 0.2) is 11.0 Å². The number of pyridine rings is 1. The maximum atomic E-state index is 13.2. The van der Waals surface area contributed by atoms with Crippen LogP contribution in [0.5, 0.6) is 0 Å². The first-order valence-corrected chi connectivity index (χ1v) is 12.3. The standard InChI is InChI=1S/C22H16N6O3S2/c29-33(30,28-15-6-7-16-14(11-15)12-24-25-16)19-9-8-18(21-22(19)27-31-26-21)32-17-5-1-3-13-4-2-10-23-20(13)17/h1-11,24-25,28H,12H2. The van der Waals surface area contributed by atoms with Crippen LogP contribution < -0.4 is 15.6 Å². The number of hydrogen-bond acceptors (Lipinski definition) is 9. The second-order valence-electron chi connectivity index (χ2n) is 7.41. The molecule has 1 aliphatic rings. The van der Waals surface area contributed by atoms with Gasteiger partial charge in [-0.05, 0) is 58.3 Å². The fourth-order valence-corrected chi connectivity index (χ4v) is 5.97. The van der Waals surface area contributed by atoms with Crippen LogP contribution in [0.3, 0.4) is 0 Å². The van der Waals surface area contributed by atoms with Gasteiger partial charge in [-0.2, -0.15) is 0 Å². The fraction of sp³-hybridized carbons (Fsp3) is 0.0455. The number of anilines is 2. The summed E-state index contributed by atoms with van der Waals surface area (Å²) in [7, 11) is -3.93. The zero-order chi connectivity index (χ0) is 22.4. The smallest absolute Gasteiger partial charge is 0.264 e. The van der Waals surface area contributed by atoms with E-state index in [2.05, 4.69) is 30.9 Å². The van der Waals surface area contributed by atoms with Crippen molar-refractivity contribution in [3.63, 3.8) is 0 Å². The van der Waals surface area contributed by atoms with Gasteiger partial charge in [-0.25, -0.2) is 18.5 Å². The monoisotopic (exact) mass is 476 g/mol. The van der Waals surface area contributed by atoms with E-state index < -0.39 is 10.0 Å². The minimum atomic E-state index is -3.93. The predicted octanol–water partition coefficient (Wildman–Crippen LogP) is 4.15. The van der Waals surface area contributed by atoms with Crippen molar-refractivity contribution in [2.24, 2.45) is 0 Å². The highest BCUT2D eigenvalue weighted by Gasteiger charge is 2.24. The minimum absolute atomic E-state index is 0.00380. The fourth-order valence-electron chi connectivity index (χ4n) is 3.77. The minimum Gasteiger partial charge on any atom is -0.321 e. The molecular weight excluding hydrogens is 460 g/mol. The number of nitrogens with zero attached hydrogens (tertiary/aromatic N) is 3. The number of hydrogen-bond donors (Lipinski definition) is 3. The Kier molecular flexibility index (Phi) is 4.68. The average molecular weight is 477 g/mol. The summed E-state index contributed by atoms with van der Waals surface area (Å²) in [6.07, 6.45) is 1.74. The Labute approximate surface area is 192 Å². The summed E-state index contributed by atoms with van der Waals surface area (Å²) in [5.74, 6) is 0. The molecule has 0 amide bonds. The highest BCUT2D eigenvalue weighted by Crippen LogP contribution is 2.37. The first-order valence-electron chi connectivity index (χ1n) is 10.00. The molecular formula is C22H16N6O3S2. The van der Waals surface area contributed by atoms with Gasteiger partial charge in [0, 0.05) is 33.6 Å². The molecule has 0 bridgehead atoms. The van der Waals surface area contributed by atoms with Gasteiger partial charge in [-0.15, -0.1) is 0 Å². The summed E-state index contributed by atoms with van der Waals surface area (Å²) < 4.78 is 33.9. The molecule has 0 fully saturated rings. The molecule has 0 saturated carbocycles. The zero-order valence-electron chi connectivity index (χ0n) is 16.9. The molecule has 11 heteroatoms. The second kappa shape index (κ2) is 7.73. The molecule has 0 saturated heterocycles. The van der Waals surface area contributed by atoms with Gasteiger partial charge < -0.3 is 5.43 Å². The number of nitrogens with one attached hydrogen (secondary N) is 3. The van der Waals surface area contributed by atoms with E-state index in [0.717, 1.165) is 31.9 Å². The Morgan fingerprint density at radius 2 is 1.79 bits per heavy atom. The Morgan fingerprint density at radius 1 is 0.939 bits per heavy atom. The van der Waals surface area contributed by atoms with E-state index in [4.69, 9.17) is 4.63 Å². The average Bonchev–Trinajstić information content (AvgIpc) is 3.49. The third-order valence-corrected chi connectivity index (χ3v) is 7.82. The van der Waals surface area contributed by atoms with Crippen LogP contribution in [0.2, 0.25) is 0 Å². The molecule has 0 aliphatic carbocycles. The number of aromatic nitrogens is 3. The summed E-state index contributed by atoms with van der Waals surface area (Å²) in [6.45, 7) is 0.608. The summed E-state index contributed by atoms with van der Waals surface area (Å²) >= 11 is 1.43. The number of fused-ring (bicyclic) bond motifs is 3. The molecule has 33 heavy (non-hydrogen) atoms. The molecule has 0 unspecified atom stereocenters. The van der Waals surface area contributed by atoms with Crippen molar-refractivity contribution in [1.82, 2.24) is 20.7 Å². The van der Waals surface area contributed by atoms with Crippen molar-refractivity contribution in [1.29, 1.82) is 0 Å². The molecule has 0 radical (unpaired) electrons. The largest absolute Gasteiger partial charge is 0.321 e. The number of hydrazine groups is 1. The van der Waals surface area contributed by atoms with Crippen molar-refractivity contribution in [2.75, 3.05) is 10.1 Å². The first-order chi connectivity index (χ1) is 16.1. The molecule has 9 nitrogen and oxygen atoms in total. The lowest BCUT2D eigenvalue weighted by atomic mass is 10.2. The summed E-state index contributed by atoms with van der Waals surface area (Å²) in [5.41, 5.74) is 9.77. The Hall–Kier alpha value is -3.67. The molecule has 6 rings (SSSR count). The van der Waals surface area contributed by atoms with E-state index in [1.807, 2.05) is 36.4 Å². The van der Waals surface area contributed by atoms with Crippen LogP contribution in [-0.4, -0.2) is 23.7 Å². The predicted molar refractivity (Wildman–Crippen MR) is 125 cm³/mol. The highest BCUT2D eigenvalue weighted by atomic mass is 32.2.